The second-order valence-corrected chi connectivity index (χ2v) is 10.1. The molecule has 2 aromatic rings. The number of ether oxygens (including phenoxy) is 1. The first-order chi connectivity index (χ1) is 14.8. The zero-order chi connectivity index (χ0) is 22.2. The van der Waals surface area contributed by atoms with Crippen LogP contribution in [0.1, 0.15) is 49.0 Å². The van der Waals surface area contributed by atoms with E-state index < -0.39 is 28.0 Å². The molecule has 0 spiro atoms. The highest BCUT2D eigenvalue weighted by atomic mass is 32.2. The van der Waals surface area contributed by atoms with Crippen molar-refractivity contribution in [1.82, 2.24) is 4.31 Å². The van der Waals surface area contributed by atoms with Crippen LogP contribution in [0.2, 0.25) is 0 Å². The minimum Gasteiger partial charge on any atom is -0.448 e. The van der Waals surface area contributed by atoms with Crippen molar-refractivity contribution in [2.45, 2.75) is 62.6 Å². The molecule has 0 aliphatic carbocycles. The Kier molecular flexibility index (Phi) is 5.85. The van der Waals surface area contributed by atoms with Crippen molar-refractivity contribution >= 4 is 27.6 Å². The summed E-state index contributed by atoms with van der Waals surface area (Å²) in [7, 11) is -3.62. The molecule has 0 radical (unpaired) electrons. The monoisotopic (exact) mass is 442 g/mol. The van der Waals surface area contributed by atoms with Crippen molar-refractivity contribution < 1.29 is 22.7 Å². The first-order valence-corrected chi connectivity index (χ1v) is 11.9. The third-order valence-corrected chi connectivity index (χ3v) is 8.14. The maximum Gasteiger partial charge on any atom is 0.339 e. The number of sulfonamides is 1. The maximum absolute atomic E-state index is 13.1. The third kappa shape index (κ3) is 4.22. The van der Waals surface area contributed by atoms with Crippen LogP contribution in [0, 0.1) is 0 Å². The lowest BCUT2D eigenvalue weighted by Crippen LogP contribution is -2.47. The molecule has 164 valence electrons. The van der Waals surface area contributed by atoms with Gasteiger partial charge in [-0.25, -0.2) is 13.2 Å². The van der Waals surface area contributed by atoms with Gasteiger partial charge >= 0.3 is 5.97 Å². The van der Waals surface area contributed by atoms with E-state index in [0.29, 0.717) is 17.7 Å². The van der Waals surface area contributed by atoms with Gasteiger partial charge in [0, 0.05) is 24.2 Å². The lowest BCUT2D eigenvalue weighted by Gasteiger charge is -2.37. The highest BCUT2D eigenvalue weighted by molar-refractivity contribution is 7.89. The molecule has 4 rings (SSSR count). The van der Waals surface area contributed by atoms with Crippen molar-refractivity contribution in [2.24, 2.45) is 0 Å². The molecule has 0 aromatic heterocycles. The summed E-state index contributed by atoms with van der Waals surface area (Å²) < 4.78 is 33.1. The van der Waals surface area contributed by atoms with E-state index in [1.807, 2.05) is 19.9 Å². The molecule has 1 fully saturated rings. The molecule has 2 aliphatic rings. The maximum atomic E-state index is 13.1. The molecule has 2 aromatic carbocycles. The largest absolute Gasteiger partial charge is 0.448 e. The molecule has 2 aliphatic heterocycles. The van der Waals surface area contributed by atoms with E-state index in [1.54, 1.807) is 34.6 Å². The first-order valence-electron chi connectivity index (χ1n) is 10.5. The van der Waals surface area contributed by atoms with Crippen LogP contribution in [-0.2, 0) is 26.0 Å². The normalized spacial score (nSPS) is 24.2. The first kappa shape index (κ1) is 21.5. The van der Waals surface area contributed by atoms with Crippen molar-refractivity contribution in [3.63, 3.8) is 0 Å². The minimum atomic E-state index is -3.62. The number of fused-ring (bicyclic) bond motifs is 1. The van der Waals surface area contributed by atoms with Gasteiger partial charge in [0.15, 0.2) is 6.10 Å². The Morgan fingerprint density at radius 3 is 2.35 bits per heavy atom. The van der Waals surface area contributed by atoms with E-state index >= 15 is 0 Å². The fourth-order valence-electron chi connectivity index (χ4n) is 4.40. The van der Waals surface area contributed by atoms with Crippen LogP contribution in [0.4, 0.5) is 5.69 Å². The number of rotatable bonds is 4. The molecule has 1 saturated heterocycles. The number of cyclic esters (lactones) is 1. The summed E-state index contributed by atoms with van der Waals surface area (Å²) in [6, 6.07) is 13.1. The molecule has 8 heteroatoms. The van der Waals surface area contributed by atoms with E-state index in [-0.39, 0.29) is 17.0 Å². The summed E-state index contributed by atoms with van der Waals surface area (Å²) in [5.41, 5.74) is 1.69. The van der Waals surface area contributed by atoms with Crippen LogP contribution in [0.15, 0.2) is 53.4 Å². The van der Waals surface area contributed by atoms with Gasteiger partial charge in [-0.1, -0.05) is 24.6 Å². The summed E-state index contributed by atoms with van der Waals surface area (Å²) in [4.78, 5) is 25.0. The number of carbonyl (C=O) groups excluding carboxylic acids is 2. The molecule has 0 saturated carbocycles. The lowest BCUT2D eigenvalue weighted by molar-refractivity contribution is -0.125. The molecule has 0 unspecified atom stereocenters. The van der Waals surface area contributed by atoms with E-state index in [4.69, 9.17) is 4.74 Å². The smallest absolute Gasteiger partial charge is 0.339 e. The summed E-state index contributed by atoms with van der Waals surface area (Å²) in [5, 5.41) is 2.71. The van der Waals surface area contributed by atoms with Crippen LogP contribution in [-0.4, -0.2) is 42.8 Å². The average molecular weight is 443 g/mol. The van der Waals surface area contributed by atoms with Gasteiger partial charge in [0.2, 0.25) is 10.0 Å². The summed E-state index contributed by atoms with van der Waals surface area (Å²) in [6.07, 6.45) is 2.09. The molecule has 1 N–H and O–H groups in total. The summed E-state index contributed by atoms with van der Waals surface area (Å²) >= 11 is 0. The van der Waals surface area contributed by atoms with Crippen molar-refractivity contribution in [3.8, 4) is 0 Å². The Morgan fingerprint density at radius 1 is 1.03 bits per heavy atom. The van der Waals surface area contributed by atoms with Gasteiger partial charge in [0.05, 0.1) is 10.5 Å². The average Bonchev–Trinajstić information content (AvgIpc) is 2.74. The fraction of sp³-hybridized carbons (Fsp3) is 0.391. The van der Waals surface area contributed by atoms with E-state index in [0.717, 1.165) is 24.8 Å². The van der Waals surface area contributed by atoms with E-state index in [2.05, 4.69) is 5.32 Å². The Bertz CT molecular complexity index is 1090. The molecule has 0 bridgehead atoms. The van der Waals surface area contributed by atoms with Crippen LogP contribution in [0.25, 0.3) is 0 Å². The number of anilines is 1. The standard InChI is InChI=1S/C23H26N2O5S/c1-15-6-5-7-16(2)25(15)31(28,29)19-12-10-18(11-13-19)24-22(26)21-14-17-8-3-4-9-20(17)23(27)30-21/h3-4,8-13,15-16,21H,5-7,14H2,1-2H3,(H,24,26)/t15-,16-,21-/m1/s1. The topological polar surface area (TPSA) is 92.8 Å². The van der Waals surface area contributed by atoms with E-state index in [9.17, 15) is 18.0 Å². The van der Waals surface area contributed by atoms with Crippen LogP contribution in [0.5, 0.6) is 0 Å². The number of benzene rings is 2. The number of amides is 1. The van der Waals surface area contributed by atoms with Gasteiger partial charge in [0.1, 0.15) is 0 Å². The molecule has 2 heterocycles. The quantitative estimate of drug-likeness (QED) is 0.733. The Hall–Kier alpha value is -2.71. The van der Waals surface area contributed by atoms with E-state index in [1.165, 1.54) is 12.1 Å². The van der Waals surface area contributed by atoms with Crippen LogP contribution in [0.3, 0.4) is 0 Å². The molecule has 3 atom stereocenters. The minimum absolute atomic E-state index is 0.0444. The van der Waals surface area contributed by atoms with Crippen molar-refractivity contribution in [1.29, 1.82) is 0 Å². The van der Waals surface area contributed by atoms with Gasteiger partial charge in [-0.2, -0.15) is 4.31 Å². The van der Waals surface area contributed by atoms with Crippen LogP contribution >= 0.6 is 0 Å². The Labute approximate surface area is 182 Å². The second kappa shape index (κ2) is 8.43. The SMILES string of the molecule is C[C@@H]1CCC[C@@H](C)N1S(=O)(=O)c1ccc(NC(=O)[C@H]2Cc3ccccc3C(=O)O2)cc1. The highest BCUT2D eigenvalue weighted by Gasteiger charge is 2.36. The highest BCUT2D eigenvalue weighted by Crippen LogP contribution is 2.30. The molecular weight excluding hydrogens is 416 g/mol. The predicted molar refractivity (Wildman–Crippen MR) is 116 cm³/mol. The number of piperidine rings is 1. The molecule has 1 amide bonds. The number of hydrogen-bond donors (Lipinski definition) is 1. The van der Waals surface area contributed by atoms with Gasteiger partial charge in [-0.05, 0) is 62.6 Å². The summed E-state index contributed by atoms with van der Waals surface area (Å²) in [5.74, 6) is -0.968. The van der Waals surface area contributed by atoms with Gasteiger partial charge in [0.25, 0.3) is 5.91 Å². The number of hydrogen-bond acceptors (Lipinski definition) is 5. The third-order valence-electron chi connectivity index (χ3n) is 5.99. The molecule has 7 nitrogen and oxygen atoms in total. The molecular formula is C23H26N2O5S. The number of nitrogens with one attached hydrogen (secondary N) is 1. The number of esters is 1. The zero-order valence-electron chi connectivity index (χ0n) is 17.6. The van der Waals surface area contributed by atoms with Crippen molar-refractivity contribution in [2.75, 3.05) is 5.32 Å². The lowest BCUT2D eigenvalue weighted by atomic mass is 9.98. The predicted octanol–water partition coefficient (Wildman–Crippen LogP) is 3.36. The van der Waals surface area contributed by atoms with Gasteiger partial charge < -0.3 is 10.1 Å². The van der Waals surface area contributed by atoms with Gasteiger partial charge in [-0.3, -0.25) is 4.79 Å². The summed E-state index contributed by atoms with van der Waals surface area (Å²) in [6.45, 7) is 3.87. The Morgan fingerprint density at radius 2 is 1.68 bits per heavy atom. The zero-order valence-corrected chi connectivity index (χ0v) is 18.4. The van der Waals surface area contributed by atoms with Crippen molar-refractivity contribution in [3.05, 3.63) is 59.7 Å². The fourth-order valence-corrected chi connectivity index (χ4v) is 6.29. The van der Waals surface area contributed by atoms with Crippen LogP contribution < -0.4 is 5.32 Å². The molecule has 31 heavy (non-hydrogen) atoms. The number of carbonyl (C=O) groups is 2. The van der Waals surface area contributed by atoms with Gasteiger partial charge in [-0.15, -0.1) is 0 Å². The number of nitrogens with zero attached hydrogens (tertiary/aromatic N) is 1. The Balaban J connectivity index is 1.46. The second-order valence-electron chi connectivity index (χ2n) is 8.23.